The van der Waals surface area contributed by atoms with Gasteiger partial charge in [0, 0.05) is 26.0 Å². The van der Waals surface area contributed by atoms with Crippen LogP contribution >= 0.6 is 27.3 Å². The molecule has 0 saturated carbocycles. The van der Waals surface area contributed by atoms with Gasteiger partial charge in [-0.05, 0) is 22.4 Å². The van der Waals surface area contributed by atoms with Crippen molar-refractivity contribution < 1.29 is 4.79 Å². The third-order valence-corrected chi connectivity index (χ3v) is 3.66. The minimum Gasteiger partial charge on any atom is -0.347 e. The fourth-order valence-electron chi connectivity index (χ4n) is 1.21. The Labute approximate surface area is 108 Å². The number of nitrogens with zero attached hydrogens (tertiary/aromatic N) is 3. The molecule has 0 spiro atoms. The number of carbonyl (C=O) groups excluding carboxylic acids is 1. The monoisotopic (exact) mass is 305 g/mol. The van der Waals surface area contributed by atoms with Crippen molar-refractivity contribution in [2.24, 2.45) is 0 Å². The van der Waals surface area contributed by atoms with Gasteiger partial charge in [-0.15, -0.1) is 11.3 Å². The molecule has 1 aromatic rings. The van der Waals surface area contributed by atoms with Crippen LogP contribution in [0.15, 0.2) is 9.98 Å². The van der Waals surface area contributed by atoms with Crippen molar-refractivity contribution in [1.29, 1.82) is 0 Å². The first kappa shape index (κ1) is 13.4. The average molecular weight is 306 g/mol. The van der Waals surface area contributed by atoms with Crippen LogP contribution in [-0.4, -0.2) is 43.0 Å². The summed E-state index contributed by atoms with van der Waals surface area (Å²) in [7, 11) is 3.54. The van der Waals surface area contributed by atoms with Crippen molar-refractivity contribution in [1.82, 2.24) is 9.88 Å². The number of halogens is 1. The lowest BCUT2D eigenvalue weighted by Gasteiger charge is -2.22. The Morgan fingerprint density at radius 2 is 2.25 bits per heavy atom. The van der Waals surface area contributed by atoms with Gasteiger partial charge in [-0.3, -0.25) is 4.79 Å². The highest BCUT2D eigenvalue weighted by Gasteiger charge is 2.14. The number of hydrogen-bond donors (Lipinski definition) is 0. The zero-order chi connectivity index (χ0) is 12.1. The fraction of sp³-hybridized carbons (Fsp3) is 0.600. The average Bonchev–Trinajstić information content (AvgIpc) is 2.64. The molecular weight excluding hydrogens is 290 g/mol. The van der Waals surface area contributed by atoms with Gasteiger partial charge in [-0.25, -0.2) is 4.98 Å². The smallest absolute Gasteiger partial charge is 0.241 e. The summed E-state index contributed by atoms with van der Waals surface area (Å²) in [6.45, 7) is 3.33. The van der Waals surface area contributed by atoms with Gasteiger partial charge in [0.2, 0.25) is 5.91 Å². The standard InChI is InChI=1S/C10H16BrN3OS/c1-4-5-14(6-9(15)13(2)3)10-12-8(11)7-16-10/h7H,4-6H2,1-3H3. The number of carbonyl (C=O) groups is 1. The van der Waals surface area contributed by atoms with Crippen LogP contribution in [0.4, 0.5) is 5.13 Å². The van der Waals surface area contributed by atoms with Crippen molar-refractivity contribution in [2.75, 3.05) is 32.1 Å². The first-order valence-corrected chi connectivity index (χ1v) is 6.78. The first-order chi connectivity index (χ1) is 7.54. The zero-order valence-electron chi connectivity index (χ0n) is 9.73. The maximum absolute atomic E-state index is 11.7. The number of rotatable bonds is 5. The van der Waals surface area contributed by atoms with E-state index in [1.54, 1.807) is 30.3 Å². The minimum atomic E-state index is 0.0970. The van der Waals surface area contributed by atoms with Crippen LogP contribution in [-0.2, 0) is 4.79 Å². The SMILES string of the molecule is CCCN(CC(=O)N(C)C)c1nc(Br)cs1. The number of hydrogen-bond acceptors (Lipinski definition) is 4. The summed E-state index contributed by atoms with van der Waals surface area (Å²) in [6, 6.07) is 0. The molecule has 0 bridgehead atoms. The molecule has 0 N–H and O–H groups in total. The number of anilines is 1. The predicted octanol–water partition coefficient (Wildman–Crippen LogP) is 2.21. The second kappa shape index (κ2) is 6.20. The highest BCUT2D eigenvalue weighted by molar-refractivity contribution is 9.10. The van der Waals surface area contributed by atoms with E-state index in [1.165, 1.54) is 0 Å². The third-order valence-electron chi connectivity index (χ3n) is 2.05. The van der Waals surface area contributed by atoms with E-state index in [2.05, 4.69) is 27.8 Å². The van der Waals surface area contributed by atoms with Crippen molar-refractivity contribution in [3.05, 3.63) is 9.98 Å². The van der Waals surface area contributed by atoms with Crippen molar-refractivity contribution in [3.8, 4) is 0 Å². The van der Waals surface area contributed by atoms with Gasteiger partial charge in [0.25, 0.3) is 0 Å². The number of likely N-dealkylation sites (N-methyl/N-ethyl adjacent to an activating group) is 1. The van der Waals surface area contributed by atoms with Crippen LogP contribution in [0.25, 0.3) is 0 Å². The molecular formula is C10H16BrN3OS. The van der Waals surface area contributed by atoms with E-state index >= 15 is 0 Å². The Balaban J connectivity index is 2.71. The molecule has 0 aliphatic carbocycles. The van der Waals surface area contributed by atoms with Crippen LogP contribution < -0.4 is 4.90 Å². The molecule has 0 aromatic carbocycles. The van der Waals surface area contributed by atoms with E-state index < -0.39 is 0 Å². The van der Waals surface area contributed by atoms with Gasteiger partial charge in [-0.2, -0.15) is 0 Å². The minimum absolute atomic E-state index is 0.0970. The van der Waals surface area contributed by atoms with Gasteiger partial charge in [0.15, 0.2) is 5.13 Å². The molecule has 0 radical (unpaired) electrons. The molecule has 4 nitrogen and oxygen atoms in total. The van der Waals surface area contributed by atoms with Crippen LogP contribution in [0.1, 0.15) is 13.3 Å². The summed E-state index contributed by atoms with van der Waals surface area (Å²) >= 11 is 4.87. The number of amides is 1. The van der Waals surface area contributed by atoms with Crippen LogP contribution in [0.2, 0.25) is 0 Å². The van der Waals surface area contributed by atoms with Crippen LogP contribution in [0, 0.1) is 0 Å². The second-order valence-electron chi connectivity index (χ2n) is 3.66. The quantitative estimate of drug-likeness (QED) is 0.837. The molecule has 0 aliphatic rings. The lowest BCUT2D eigenvalue weighted by atomic mass is 10.4. The molecule has 1 heterocycles. The lowest BCUT2D eigenvalue weighted by Crippen LogP contribution is -2.37. The Hall–Kier alpha value is -0.620. The summed E-state index contributed by atoms with van der Waals surface area (Å²) in [5, 5.41) is 2.82. The van der Waals surface area contributed by atoms with Crippen molar-refractivity contribution in [2.45, 2.75) is 13.3 Å². The van der Waals surface area contributed by atoms with Gasteiger partial charge in [0.1, 0.15) is 4.60 Å². The molecule has 6 heteroatoms. The van der Waals surface area contributed by atoms with E-state index in [-0.39, 0.29) is 5.91 Å². The topological polar surface area (TPSA) is 36.4 Å². The fourth-order valence-corrected chi connectivity index (χ4v) is 2.48. The third kappa shape index (κ3) is 3.75. The Bertz CT molecular complexity index is 354. The molecule has 0 unspecified atom stereocenters. The normalized spacial score (nSPS) is 10.2. The Kier molecular flexibility index (Phi) is 5.21. The van der Waals surface area contributed by atoms with Gasteiger partial charge in [-0.1, -0.05) is 6.92 Å². The van der Waals surface area contributed by atoms with Crippen molar-refractivity contribution >= 4 is 38.3 Å². The van der Waals surface area contributed by atoms with E-state index in [0.717, 1.165) is 22.7 Å². The maximum Gasteiger partial charge on any atom is 0.241 e. The highest BCUT2D eigenvalue weighted by atomic mass is 79.9. The van der Waals surface area contributed by atoms with E-state index in [0.29, 0.717) is 6.54 Å². The molecule has 16 heavy (non-hydrogen) atoms. The molecule has 90 valence electrons. The first-order valence-electron chi connectivity index (χ1n) is 5.10. The second-order valence-corrected chi connectivity index (χ2v) is 5.31. The van der Waals surface area contributed by atoms with Gasteiger partial charge < -0.3 is 9.80 Å². The Morgan fingerprint density at radius 1 is 1.56 bits per heavy atom. The summed E-state index contributed by atoms with van der Waals surface area (Å²) < 4.78 is 0.825. The molecule has 0 fully saturated rings. The van der Waals surface area contributed by atoms with E-state index in [1.807, 2.05) is 10.3 Å². The van der Waals surface area contributed by atoms with Crippen molar-refractivity contribution in [3.63, 3.8) is 0 Å². The molecule has 1 aromatic heterocycles. The van der Waals surface area contributed by atoms with E-state index in [4.69, 9.17) is 0 Å². The highest BCUT2D eigenvalue weighted by Crippen LogP contribution is 2.23. The number of thiazole rings is 1. The Morgan fingerprint density at radius 3 is 2.69 bits per heavy atom. The van der Waals surface area contributed by atoms with Gasteiger partial charge >= 0.3 is 0 Å². The molecule has 0 atom stereocenters. The molecule has 0 saturated heterocycles. The zero-order valence-corrected chi connectivity index (χ0v) is 12.1. The summed E-state index contributed by atoms with van der Waals surface area (Å²) in [6.07, 6.45) is 0.998. The van der Waals surface area contributed by atoms with Crippen LogP contribution in [0.3, 0.4) is 0 Å². The molecule has 1 rings (SSSR count). The summed E-state index contributed by atoms with van der Waals surface area (Å²) in [4.78, 5) is 19.6. The van der Waals surface area contributed by atoms with Crippen LogP contribution in [0.5, 0.6) is 0 Å². The van der Waals surface area contributed by atoms with E-state index in [9.17, 15) is 4.79 Å². The van der Waals surface area contributed by atoms with Gasteiger partial charge in [0.05, 0.1) is 6.54 Å². The summed E-state index contributed by atoms with van der Waals surface area (Å²) in [5.41, 5.74) is 0. The predicted molar refractivity (Wildman–Crippen MR) is 71.0 cm³/mol. The lowest BCUT2D eigenvalue weighted by molar-refractivity contribution is -0.127. The largest absolute Gasteiger partial charge is 0.347 e. The maximum atomic E-state index is 11.7. The number of aromatic nitrogens is 1. The molecule has 0 aliphatic heterocycles. The summed E-state index contributed by atoms with van der Waals surface area (Å²) in [5.74, 6) is 0.0970. The molecule has 1 amide bonds.